The van der Waals surface area contributed by atoms with Crippen molar-refractivity contribution in [3.8, 4) is 5.75 Å². The van der Waals surface area contributed by atoms with Gasteiger partial charge in [-0.25, -0.2) is 12.8 Å². The lowest BCUT2D eigenvalue weighted by molar-refractivity contribution is -0.128. The second-order valence-corrected chi connectivity index (χ2v) is 7.71. The quantitative estimate of drug-likeness (QED) is 0.645. The summed E-state index contributed by atoms with van der Waals surface area (Å²) in [5.74, 6) is -1.44. The molecule has 9 nitrogen and oxygen atoms in total. The summed E-state index contributed by atoms with van der Waals surface area (Å²) in [6.07, 6.45) is -0.960. The third-order valence-electron chi connectivity index (χ3n) is 3.80. The third kappa shape index (κ3) is 5.73. The van der Waals surface area contributed by atoms with Crippen molar-refractivity contribution in [2.75, 3.05) is 14.2 Å². The number of amides is 2. The van der Waals surface area contributed by atoms with E-state index in [9.17, 15) is 22.4 Å². The van der Waals surface area contributed by atoms with Crippen LogP contribution in [0.15, 0.2) is 53.4 Å². The SMILES string of the molecule is CON(C)S(=O)(=O)c1ccc(C(=O)NNC(=O)C(C)Oc2ccc(F)cc2)cc1. The molecule has 0 spiro atoms. The Balaban J connectivity index is 1.93. The van der Waals surface area contributed by atoms with Crippen LogP contribution in [-0.2, 0) is 19.7 Å². The van der Waals surface area contributed by atoms with Gasteiger partial charge < -0.3 is 4.74 Å². The van der Waals surface area contributed by atoms with Crippen LogP contribution >= 0.6 is 0 Å². The molecule has 0 saturated carbocycles. The van der Waals surface area contributed by atoms with Gasteiger partial charge in [0.05, 0.1) is 12.0 Å². The van der Waals surface area contributed by atoms with Gasteiger partial charge in [-0.2, -0.15) is 0 Å². The van der Waals surface area contributed by atoms with Crippen LogP contribution < -0.4 is 15.6 Å². The maximum atomic E-state index is 12.9. The number of sulfonamides is 1. The fourth-order valence-corrected chi connectivity index (χ4v) is 3.06. The number of carbonyl (C=O) groups excluding carboxylic acids is 2. The van der Waals surface area contributed by atoms with Gasteiger partial charge in [-0.1, -0.05) is 4.47 Å². The molecule has 0 aliphatic heterocycles. The lowest BCUT2D eigenvalue weighted by Crippen LogP contribution is -2.47. The lowest BCUT2D eigenvalue weighted by atomic mass is 10.2. The van der Waals surface area contributed by atoms with E-state index in [0.717, 1.165) is 0 Å². The Morgan fingerprint density at radius 3 is 2.17 bits per heavy atom. The zero-order valence-electron chi connectivity index (χ0n) is 15.9. The van der Waals surface area contributed by atoms with E-state index >= 15 is 0 Å². The fourth-order valence-electron chi connectivity index (χ4n) is 2.09. The Labute approximate surface area is 167 Å². The Morgan fingerprint density at radius 1 is 1.03 bits per heavy atom. The molecule has 0 aliphatic carbocycles. The number of nitrogens with zero attached hydrogens (tertiary/aromatic N) is 1. The molecule has 0 heterocycles. The maximum Gasteiger partial charge on any atom is 0.279 e. The standard InChI is InChI=1S/C18H20FN3O6S/c1-12(28-15-8-6-14(19)7-9-15)17(23)20-21-18(24)13-4-10-16(11-5-13)29(25,26)22(2)27-3/h4-12H,1-3H3,(H,20,23)(H,21,24). The molecule has 0 saturated heterocycles. The number of hydrogen-bond acceptors (Lipinski definition) is 6. The van der Waals surface area contributed by atoms with E-state index < -0.39 is 33.8 Å². The van der Waals surface area contributed by atoms with Gasteiger partial charge in [0.15, 0.2) is 6.10 Å². The number of benzene rings is 2. The Morgan fingerprint density at radius 2 is 1.62 bits per heavy atom. The first-order valence-electron chi connectivity index (χ1n) is 8.30. The number of nitrogens with one attached hydrogen (secondary N) is 2. The van der Waals surface area contributed by atoms with Crippen molar-refractivity contribution >= 4 is 21.8 Å². The largest absolute Gasteiger partial charge is 0.481 e. The van der Waals surface area contributed by atoms with Crippen molar-refractivity contribution in [1.29, 1.82) is 0 Å². The first kappa shape index (κ1) is 22.3. The Bertz CT molecular complexity index is 964. The topological polar surface area (TPSA) is 114 Å². The summed E-state index contributed by atoms with van der Waals surface area (Å²) in [5.41, 5.74) is 4.53. The number of rotatable bonds is 7. The molecule has 29 heavy (non-hydrogen) atoms. The predicted molar refractivity (Wildman–Crippen MR) is 100 cm³/mol. The molecule has 2 N–H and O–H groups in total. The number of hydrogen-bond donors (Lipinski definition) is 2. The van der Waals surface area contributed by atoms with E-state index in [1.54, 1.807) is 0 Å². The number of hydrazine groups is 1. The molecule has 11 heteroatoms. The molecule has 2 aromatic rings. The number of carbonyl (C=O) groups is 2. The van der Waals surface area contributed by atoms with Gasteiger partial charge in [-0.3, -0.25) is 25.3 Å². The van der Waals surface area contributed by atoms with E-state index in [-0.39, 0.29) is 10.5 Å². The smallest absolute Gasteiger partial charge is 0.279 e. The summed E-state index contributed by atoms with van der Waals surface area (Å²) in [4.78, 5) is 28.8. The highest BCUT2D eigenvalue weighted by Crippen LogP contribution is 2.15. The first-order chi connectivity index (χ1) is 13.6. The number of hydroxylamine groups is 1. The van der Waals surface area contributed by atoms with Crippen molar-refractivity contribution in [3.05, 3.63) is 59.9 Å². The second-order valence-electron chi connectivity index (χ2n) is 5.78. The van der Waals surface area contributed by atoms with Crippen molar-refractivity contribution < 1.29 is 32.0 Å². The molecule has 0 aliphatic rings. The minimum Gasteiger partial charge on any atom is -0.481 e. The Hall–Kier alpha value is -3.02. The highest BCUT2D eigenvalue weighted by Gasteiger charge is 2.21. The average molecular weight is 425 g/mol. The van der Waals surface area contributed by atoms with Crippen LogP contribution in [-0.4, -0.2) is 45.0 Å². The molecule has 2 aromatic carbocycles. The highest BCUT2D eigenvalue weighted by atomic mass is 32.2. The van der Waals surface area contributed by atoms with Crippen LogP contribution in [0.5, 0.6) is 5.75 Å². The maximum absolute atomic E-state index is 12.9. The summed E-state index contributed by atoms with van der Waals surface area (Å²) >= 11 is 0. The molecule has 2 amide bonds. The van der Waals surface area contributed by atoms with Gasteiger partial charge in [0.2, 0.25) is 0 Å². The summed E-state index contributed by atoms with van der Waals surface area (Å²) < 4.78 is 43.1. The zero-order valence-corrected chi connectivity index (χ0v) is 16.7. The van der Waals surface area contributed by atoms with Gasteiger partial charge in [0.25, 0.3) is 21.8 Å². The molecule has 0 bridgehead atoms. The summed E-state index contributed by atoms with van der Waals surface area (Å²) in [7, 11) is -1.38. The monoisotopic (exact) mass is 425 g/mol. The van der Waals surface area contributed by atoms with Crippen LogP contribution in [0.4, 0.5) is 4.39 Å². The molecule has 0 aromatic heterocycles. The van der Waals surface area contributed by atoms with Crippen LogP contribution in [0, 0.1) is 5.82 Å². The number of ether oxygens (including phenoxy) is 1. The Kier molecular flexibility index (Phi) is 7.26. The van der Waals surface area contributed by atoms with Crippen LogP contribution in [0.2, 0.25) is 0 Å². The molecule has 2 rings (SSSR count). The summed E-state index contributed by atoms with van der Waals surface area (Å²) in [6.45, 7) is 1.46. The minimum atomic E-state index is -3.83. The molecular weight excluding hydrogens is 405 g/mol. The molecule has 1 unspecified atom stereocenters. The van der Waals surface area contributed by atoms with E-state index in [2.05, 4.69) is 15.7 Å². The minimum absolute atomic E-state index is 0.0660. The van der Waals surface area contributed by atoms with Gasteiger partial charge in [-0.05, 0) is 55.5 Å². The zero-order chi connectivity index (χ0) is 21.6. The van der Waals surface area contributed by atoms with Gasteiger partial charge >= 0.3 is 0 Å². The first-order valence-corrected chi connectivity index (χ1v) is 9.74. The van der Waals surface area contributed by atoms with Crippen LogP contribution in [0.1, 0.15) is 17.3 Å². The molecule has 156 valence electrons. The van der Waals surface area contributed by atoms with Crippen molar-refractivity contribution in [2.24, 2.45) is 0 Å². The number of halogens is 1. The fraction of sp³-hybridized carbons (Fsp3) is 0.222. The third-order valence-corrected chi connectivity index (χ3v) is 5.50. The normalized spacial score (nSPS) is 12.3. The second kappa shape index (κ2) is 9.45. The van der Waals surface area contributed by atoms with E-state index in [4.69, 9.17) is 4.74 Å². The van der Waals surface area contributed by atoms with Crippen molar-refractivity contribution in [1.82, 2.24) is 15.3 Å². The van der Waals surface area contributed by atoms with Crippen LogP contribution in [0.3, 0.4) is 0 Å². The van der Waals surface area contributed by atoms with Crippen LogP contribution in [0.25, 0.3) is 0 Å². The van der Waals surface area contributed by atoms with Gasteiger partial charge in [-0.15, -0.1) is 0 Å². The lowest BCUT2D eigenvalue weighted by Gasteiger charge is -2.15. The molecule has 1 atom stereocenters. The molecule has 0 fully saturated rings. The van der Waals surface area contributed by atoms with Crippen molar-refractivity contribution in [3.63, 3.8) is 0 Å². The molecular formula is C18H20FN3O6S. The summed E-state index contributed by atoms with van der Waals surface area (Å²) in [5, 5.41) is 0. The van der Waals surface area contributed by atoms with Gasteiger partial charge in [0.1, 0.15) is 11.6 Å². The van der Waals surface area contributed by atoms with E-state index in [1.165, 1.54) is 69.6 Å². The predicted octanol–water partition coefficient (Wildman–Crippen LogP) is 1.24. The summed E-state index contributed by atoms with van der Waals surface area (Å²) in [6, 6.07) is 10.2. The van der Waals surface area contributed by atoms with Gasteiger partial charge in [0, 0.05) is 12.6 Å². The average Bonchev–Trinajstić information content (AvgIpc) is 2.72. The molecule has 0 radical (unpaired) electrons. The highest BCUT2D eigenvalue weighted by molar-refractivity contribution is 7.89. The van der Waals surface area contributed by atoms with E-state index in [1.807, 2.05) is 0 Å². The van der Waals surface area contributed by atoms with E-state index in [0.29, 0.717) is 10.2 Å². The van der Waals surface area contributed by atoms with Crippen molar-refractivity contribution in [2.45, 2.75) is 17.9 Å².